The molecule has 138 valence electrons. The van der Waals surface area contributed by atoms with E-state index in [1.165, 1.54) is 11.5 Å². The van der Waals surface area contributed by atoms with Crippen molar-refractivity contribution in [3.05, 3.63) is 40.6 Å². The van der Waals surface area contributed by atoms with Gasteiger partial charge in [-0.15, -0.1) is 0 Å². The third-order valence-electron chi connectivity index (χ3n) is 4.75. The maximum absolute atomic E-state index is 6.49. The Morgan fingerprint density at radius 3 is 2.62 bits per heavy atom. The first-order valence-corrected chi connectivity index (χ1v) is 12.5. The number of hydrogen-bond donors (Lipinski definition) is 1. The lowest BCUT2D eigenvalue weighted by Gasteiger charge is -2.36. The number of rotatable bonds is 5. The van der Waals surface area contributed by atoms with E-state index in [9.17, 15) is 0 Å². The van der Waals surface area contributed by atoms with E-state index in [1.807, 2.05) is 24.3 Å². The average Bonchev–Trinajstić information content (AvgIpc) is 3.05. The summed E-state index contributed by atoms with van der Waals surface area (Å²) in [6, 6.07) is 7.90. The Hall–Kier alpha value is -1.70. The van der Waals surface area contributed by atoms with Gasteiger partial charge in [0.05, 0.1) is 6.54 Å². The lowest BCUT2D eigenvalue weighted by molar-refractivity contribution is 0.495. The van der Waals surface area contributed by atoms with E-state index in [1.54, 1.807) is 6.20 Å². The van der Waals surface area contributed by atoms with Gasteiger partial charge < -0.3 is 9.74 Å². The van der Waals surface area contributed by atoms with Crippen molar-refractivity contribution >= 4 is 48.2 Å². The van der Waals surface area contributed by atoms with Crippen molar-refractivity contribution in [2.45, 2.75) is 45.4 Å². The van der Waals surface area contributed by atoms with Crippen molar-refractivity contribution < 1.29 is 4.43 Å². The van der Waals surface area contributed by atoms with E-state index in [-0.39, 0.29) is 10.3 Å². The monoisotopic (exact) mass is 406 g/mol. The van der Waals surface area contributed by atoms with Crippen LogP contribution in [0.3, 0.4) is 0 Å². The second kappa shape index (κ2) is 7.13. The van der Waals surface area contributed by atoms with E-state index < -0.39 is 8.32 Å². The molecule has 26 heavy (non-hydrogen) atoms. The van der Waals surface area contributed by atoms with E-state index in [0.717, 1.165) is 21.5 Å². The normalized spacial score (nSPS) is 12.4. The molecule has 0 amide bonds. The SMILES string of the molecule is CC(C)(C)[Si](C)(C)Oc1cccc2c(NCc3ccns3)nc(Cl)nc12. The second-order valence-electron chi connectivity index (χ2n) is 7.69. The smallest absolute Gasteiger partial charge is 0.250 e. The highest BCUT2D eigenvalue weighted by Gasteiger charge is 2.39. The Morgan fingerprint density at radius 2 is 1.96 bits per heavy atom. The second-order valence-corrected chi connectivity index (χ2v) is 13.7. The number of halogens is 1. The maximum atomic E-state index is 6.49. The molecular weight excluding hydrogens is 384 g/mol. The minimum absolute atomic E-state index is 0.0965. The number of aromatic nitrogens is 3. The van der Waals surface area contributed by atoms with Gasteiger partial charge in [0.1, 0.15) is 17.1 Å². The molecule has 3 rings (SSSR count). The third-order valence-corrected chi connectivity index (χ3v) is 10.0. The lowest BCUT2D eigenvalue weighted by Crippen LogP contribution is -2.43. The maximum Gasteiger partial charge on any atom is 0.250 e. The molecule has 0 aliphatic heterocycles. The van der Waals surface area contributed by atoms with Gasteiger partial charge in [0.25, 0.3) is 8.32 Å². The standard InChI is InChI=1S/C18H23ClN4OSSi/c1-18(2,3)26(4,5)24-14-8-6-7-13-15(14)22-17(19)23-16(13)20-11-12-9-10-21-25-12/h6-10H,11H2,1-5H3,(H,20,22,23). The number of benzene rings is 1. The summed E-state index contributed by atoms with van der Waals surface area (Å²) in [6.07, 6.45) is 1.79. The number of nitrogens with one attached hydrogen (secondary N) is 1. The summed E-state index contributed by atoms with van der Waals surface area (Å²) < 4.78 is 10.6. The fraction of sp³-hybridized carbons (Fsp3) is 0.389. The first-order valence-electron chi connectivity index (χ1n) is 8.46. The van der Waals surface area contributed by atoms with Crippen LogP contribution in [0.5, 0.6) is 5.75 Å². The summed E-state index contributed by atoms with van der Waals surface area (Å²) in [4.78, 5) is 9.95. The number of nitrogens with zero attached hydrogens (tertiary/aromatic N) is 3. The van der Waals surface area contributed by atoms with Crippen LogP contribution < -0.4 is 9.74 Å². The van der Waals surface area contributed by atoms with E-state index >= 15 is 0 Å². The quantitative estimate of drug-likeness (QED) is 0.432. The van der Waals surface area contributed by atoms with Crippen LogP contribution in [0.1, 0.15) is 25.6 Å². The lowest BCUT2D eigenvalue weighted by atomic mass is 10.2. The van der Waals surface area contributed by atoms with Crippen molar-refractivity contribution in [1.29, 1.82) is 0 Å². The van der Waals surface area contributed by atoms with Crippen LogP contribution in [0.2, 0.25) is 23.4 Å². The molecule has 0 atom stereocenters. The molecule has 8 heteroatoms. The summed E-state index contributed by atoms with van der Waals surface area (Å²) in [7, 11) is -1.99. The molecule has 5 nitrogen and oxygen atoms in total. The summed E-state index contributed by atoms with van der Waals surface area (Å²) >= 11 is 7.66. The predicted molar refractivity (Wildman–Crippen MR) is 112 cm³/mol. The number of para-hydroxylation sites is 1. The van der Waals surface area contributed by atoms with Gasteiger partial charge in [-0.25, -0.2) is 14.3 Å². The highest BCUT2D eigenvalue weighted by Crippen LogP contribution is 2.39. The molecule has 0 saturated heterocycles. The summed E-state index contributed by atoms with van der Waals surface area (Å²) in [6.45, 7) is 11.7. The van der Waals surface area contributed by atoms with Crippen LogP contribution >= 0.6 is 23.1 Å². The minimum Gasteiger partial charge on any atom is -0.542 e. The number of fused-ring (bicyclic) bond motifs is 1. The molecule has 0 radical (unpaired) electrons. The molecule has 0 unspecified atom stereocenters. The van der Waals surface area contributed by atoms with Gasteiger partial charge in [-0.1, -0.05) is 26.8 Å². The molecule has 1 N–H and O–H groups in total. The van der Waals surface area contributed by atoms with Crippen molar-refractivity contribution in [3.63, 3.8) is 0 Å². The predicted octanol–water partition coefficient (Wildman–Crippen LogP) is 5.74. The first kappa shape index (κ1) is 19.1. The van der Waals surface area contributed by atoms with E-state index in [0.29, 0.717) is 12.4 Å². The fourth-order valence-electron chi connectivity index (χ4n) is 2.25. The zero-order valence-electron chi connectivity index (χ0n) is 15.6. The highest BCUT2D eigenvalue weighted by molar-refractivity contribution is 7.05. The fourth-order valence-corrected chi connectivity index (χ4v) is 3.95. The van der Waals surface area contributed by atoms with Crippen LogP contribution in [0.25, 0.3) is 10.9 Å². The molecule has 0 saturated carbocycles. The van der Waals surface area contributed by atoms with Gasteiger partial charge >= 0.3 is 0 Å². The number of anilines is 1. The Balaban J connectivity index is 1.99. The van der Waals surface area contributed by atoms with Gasteiger partial charge in [-0.05, 0) is 59.5 Å². The van der Waals surface area contributed by atoms with Crippen molar-refractivity contribution in [3.8, 4) is 5.75 Å². The van der Waals surface area contributed by atoms with E-state index in [2.05, 4.69) is 53.5 Å². The molecule has 2 aromatic heterocycles. The average molecular weight is 407 g/mol. The molecule has 1 aromatic carbocycles. The summed E-state index contributed by atoms with van der Waals surface area (Å²) in [5.74, 6) is 1.47. The van der Waals surface area contributed by atoms with E-state index in [4.69, 9.17) is 16.0 Å². The molecule has 0 spiro atoms. The van der Waals surface area contributed by atoms with Crippen molar-refractivity contribution in [2.75, 3.05) is 5.32 Å². The van der Waals surface area contributed by atoms with Gasteiger partial charge in [-0.2, -0.15) is 0 Å². The van der Waals surface area contributed by atoms with Crippen LogP contribution in [0.4, 0.5) is 5.82 Å². The Labute approximate surface area is 164 Å². The van der Waals surface area contributed by atoms with Crippen LogP contribution in [-0.2, 0) is 6.54 Å². The van der Waals surface area contributed by atoms with Crippen molar-refractivity contribution in [1.82, 2.24) is 14.3 Å². The molecule has 2 heterocycles. The van der Waals surface area contributed by atoms with Crippen LogP contribution in [-0.4, -0.2) is 22.7 Å². The van der Waals surface area contributed by atoms with Crippen molar-refractivity contribution in [2.24, 2.45) is 0 Å². The van der Waals surface area contributed by atoms with Gasteiger partial charge in [0, 0.05) is 16.5 Å². The zero-order chi connectivity index (χ0) is 18.9. The molecule has 0 aliphatic rings. The van der Waals surface area contributed by atoms with Gasteiger partial charge in [-0.3, -0.25) is 0 Å². The topological polar surface area (TPSA) is 59.9 Å². The molecular formula is C18H23ClN4OSSi. The molecule has 0 aliphatic carbocycles. The Morgan fingerprint density at radius 1 is 1.19 bits per heavy atom. The Kier molecular flexibility index (Phi) is 5.23. The first-order chi connectivity index (χ1) is 12.2. The third kappa shape index (κ3) is 4.00. The molecule has 0 fully saturated rings. The summed E-state index contributed by atoms with van der Waals surface area (Å²) in [5.41, 5.74) is 0.740. The number of hydrogen-bond acceptors (Lipinski definition) is 6. The minimum atomic E-state index is -1.99. The zero-order valence-corrected chi connectivity index (χ0v) is 18.2. The largest absolute Gasteiger partial charge is 0.542 e. The van der Waals surface area contributed by atoms with Gasteiger partial charge in [0.15, 0.2) is 0 Å². The van der Waals surface area contributed by atoms with Crippen LogP contribution in [0.15, 0.2) is 30.5 Å². The van der Waals surface area contributed by atoms with Gasteiger partial charge in [0.2, 0.25) is 5.28 Å². The van der Waals surface area contributed by atoms with Crippen LogP contribution in [0, 0.1) is 0 Å². The molecule has 3 aromatic rings. The summed E-state index contributed by atoms with van der Waals surface area (Å²) in [5, 5.41) is 4.54. The Bertz CT molecular complexity index is 909. The highest BCUT2D eigenvalue weighted by atomic mass is 35.5. The molecule has 0 bridgehead atoms.